The third kappa shape index (κ3) is 4.93. The Labute approximate surface area is 86.0 Å². The van der Waals surface area contributed by atoms with Crippen LogP contribution in [0.3, 0.4) is 0 Å². The van der Waals surface area contributed by atoms with Crippen molar-refractivity contribution in [2.75, 3.05) is 25.4 Å². The van der Waals surface area contributed by atoms with Gasteiger partial charge in [0.05, 0.1) is 5.75 Å². The van der Waals surface area contributed by atoms with Crippen LogP contribution in [0, 0.1) is 5.92 Å². The minimum atomic E-state index is -3.76. The van der Waals surface area contributed by atoms with E-state index >= 15 is 0 Å². The Bertz CT molecular complexity index is 255. The van der Waals surface area contributed by atoms with Gasteiger partial charge in [-0.3, -0.25) is 4.55 Å². The molecule has 5 heteroatoms. The molecule has 0 aromatic carbocycles. The third-order valence-corrected chi connectivity index (χ3v) is 3.56. The molecule has 1 fully saturated rings. The van der Waals surface area contributed by atoms with Crippen molar-refractivity contribution in [1.82, 2.24) is 4.90 Å². The quantitative estimate of drug-likeness (QED) is 0.719. The highest BCUT2D eigenvalue weighted by Crippen LogP contribution is 2.15. The Morgan fingerprint density at radius 3 is 2.43 bits per heavy atom. The summed E-state index contributed by atoms with van der Waals surface area (Å²) in [6.07, 6.45) is 2.94. The summed E-state index contributed by atoms with van der Waals surface area (Å²) in [4.78, 5) is 2.27. The number of rotatable bonds is 4. The molecule has 1 N–H and O–H groups in total. The summed E-state index contributed by atoms with van der Waals surface area (Å²) in [5.41, 5.74) is 0. The van der Waals surface area contributed by atoms with Gasteiger partial charge in [-0.15, -0.1) is 0 Å². The number of hydrogen-bond acceptors (Lipinski definition) is 3. The van der Waals surface area contributed by atoms with Crippen LogP contribution >= 0.6 is 0 Å². The molecule has 1 rings (SSSR count). The van der Waals surface area contributed by atoms with E-state index in [1.54, 1.807) is 0 Å². The smallest absolute Gasteiger partial charge is 0.264 e. The Morgan fingerprint density at radius 1 is 1.36 bits per heavy atom. The second kappa shape index (κ2) is 5.09. The maximum absolute atomic E-state index is 10.5. The number of nitrogens with zero attached hydrogens (tertiary/aromatic N) is 1. The minimum Gasteiger partial charge on any atom is -0.303 e. The number of piperidine rings is 1. The molecule has 4 nitrogen and oxygen atoms in total. The van der Waals surface area contributed by atoms with E-state index in [9.17, 15) is 8.42 Å². The van der Waals surface area contributed by atoms with Gasteiger partial charge in [0, 0.05) is 0 Å². The van der Waals surface area contributed by atoms with Crippen LogP contribution in [0.2, 0.25) is 0 Å². The van der Waals surface area contributed by atoms with Crippen molar-refractivity contribution < 1.29 is 13.0 Å². The lowest BCUT2D eigenvalue weighted by Crippen LogP contribution is -2.34. The zero-order valence-electron chi connectivity index (χ0n) is 8.65. The second-order valence-corrected chi connectivity index (χ2v) is 5.74. The standard InChI is InChI=1S/C9H19NO3S/c1-9-3-6-10(7-4-9)5-2-8-14(11,12)13/h9H,2-8H2,1H3,(H,11,12,13). The summed E-state index contributed by atoms with van der Waals surface area (Å²) in [6.45, 7) is 5.15. The fourth-order valence-electron chi connectivity index (χ4n) is 1.76. The molecule has 84 valence electrons. The molecule has 0 aromatic heterocycles. The first kappa shape index (κ1) is 11.9. The van der Waals surface area contributed by atoms with Crippen LogP contribution < -0.4 is 0 Å². The van der Waals surface area contributed by atoms with Crippen LogP contribution in [0.5, 0.6) is 0 Å². The van der Waals surface area contributed by atoms with Crippen LogP contribution in [-0.2, 0) is 10.1 Å². The Balaban J connectivity index is 2.14. The lowest BCUT2D eigenvalue weighted by Gasteiger charge is -2.29. The molecule has 0 aromatic rings. The van der Waals surface area contributed by atoms with Crippen molar-refractivity contribution in [2.24, 2.45) is 5.92 Å². The van der Waals surface area contributed by atoms with Gasteiger partial charge in [-0.1, -0.05) is 6.92 Å². The zero-order chi connectivity index (χ0) is 10.6. The Morgan fingerprint density at radius 2 is 1.93 bits per heavy atom. The third-order valence-electron chi connectivity index (χ3n) is 2.75. The molecule has 0 saturated carbocycles. The van der Waals surface area contributed by atoms with E-state index < -0.39 is 10.1 Å². The number of likely N-dealkylation sites (tertiary alicyclic amines) is 1. The fraction of sp³-hybridized carbons (Fsp3) is 1.00. The topological polar surface area (TPSA) is 57.6 Å². The van der Waals surface area contributed by atoms with Gasteiger partial charge in [-0.05, 0) is 44.8 Å². The van der Waals surface area contributed by atoms with Gasteiger partial charge in [-0.2, -0.15) is 8.42 Å². The van der Waals surface area contributed by atoms with Gasteiger partial charge in [0.2, 0.25) is 0 Å². The molecular weight excluding hydrogens is 202 g/mol. The van der Waals surface area contributed by atoms with Gasteiger partial charge in [0.1, 0.15) is 0 Å². The van der Waals surface area contributed by atoms with E-state index in [4.69, 9.17) is 4.55 Å². The van der Waals surface area contributed by atoms with E-state index in [0.717, 1.165) is 25.6 Å². The first-order chi connectivity index (χ1) is 6.47. The minimum absolute atomic E-state index is 0.112. The molecule has 1 aliphatic rings. The van der Waals surface area contributed by atoms with Crippen molar-refractivity contribution in [1.29, 1.82) is 0 Å². The van der Waals surface area contributed by atoms with Gasteiger partial charge < -0.3 is 4.90 Å². The molecule has 0 atom stereocenters. The van der Waals surface area contributed by atoms with Gasteiger partial charge in [-0.25, -0.2) is 0 Å². The van der Waals surface area contributed by atoms with Crippen LogP contribution in [0.1, 0.15) is 26.2 Å². The predicted octanol–water partition coefficient (Wildman–Crippen LogP) is 0.996. The molecular formula is C9H19NO3S. The predicted molar refractivity (Wildman–Crippen MR) is 55.9 cm³/mol. The van der Waals surface area contributed by atoms with Crippen molar-refractivity contribution in [3.8, 4) is 0 Å². The van der Waals surface area contributed by atoms with Crippen molar-refractivity contribution in [2.45, 2.75) is 26.2 Å². The van der Waals surface area contributed by atoms with E-state index in [2.05, 4.69) is 11.8 Å². The summed E-state index contributed by atoms with van der Waals surface area (Å²) >= 11 is 0. The average Bonchev–Trinajstić information content (AvgIpc) is 2.06. The molecule has 1 saturated heterocycles. The first-order valence-electron chi connectivity index (χ1n) is 5.15. The van der Waals surface area contributed by atoms with Crippen LogP contribution in [-0.4, -0.2) is 43.3 Å². The number of hydrogen-bond donors (Lipinski definition) is 1. The summed E-state index contributed by atoms with van der Waals surface area (Å²) in [7, 11) is -3.76. The summed E-state index contributed by atoms with van der Waals surface area (Å²) < 4.78 is 29.5. The highest BCUT2D eigenvalue weighted by atomic mass is 32.2. The molecule has 1 heterocycles. The zero-order valence-corrected chi connectivity index (χ0v) is 9.46. The van der Waals surface area contributed by atoms with Crippen molar-refractivity contribution >= 4 is 10.1 Å². The highest BCUT2D eigenvalue weighted by molar-refractivity contribution is 7.85. The molecule has 0 bridgehead atoms. The molecule has 0 aliphatic carbocycles. The average molecular weight is 221 g/mol. The molecule has 0 spiro atoms. The lowest BCUT2D eigenvalue weighted by atomic mass is 9.99. The van der Waals surface area contributed by atoms with Gasteiger partial charge in [0.25, 0.3) is 10.1 Å². The SMILES string of the molecule is CC1CCN(CCCS(=O)(=O)O)CC1. The molecule has 0 unspecified atom stereocenters. The normalized spacial score (nSPS) is 21.3. The highest BCUT2D eigenvalue weighted by Gasteiger charge is 2.15. The van der Waals surface area contributed by atoms with Gasteiger partial charge in [0.15, 0.2) is 0 Å². The first-order valence-corrected chi connectivity index (χ1v) is 6.76. The lowest BCUT2D eigenvalue weighted by molar-refractivity contribution is 0.193. The molecule has 14 heavy (non-hydrogen) atoms. The second-order valence-electron chi connectivity index (χ2n) is 4.16. The van der Waals surface area contributed by atoms with Crippen LogP contribution in [0.4, 0.5) is 0 Å². The largest absolute Gasteiger partial charge is 0.303 e. The fourth-order valence-corrected chi connectivity index (χ4v) is 2.25. The Hall–Kier alpha value is -0.130. The van der Waals surface area contributed by atoms with E-state index in [-0.39, 0.29) is 5.75 Å². The summed E-state index contributed by atoms with van der Waals surface area (Å²) in [5, 5.41) is 0. The molecule has 1 aliphatic heterocycles. The maximum atomic E-state index is 10.5. The monoisotopic (exact) mass is 221 g/mol. The van der Waals surface area contributed by atoms with Gasteiger partial charge >= 0.3 is 0 Å². The molecule has 0 radical (unpaired) electrons. The van der Waals surface area contributed by atoms with Crippen molar-refractivity contribution in [3.05, 3.63) is 0 Å². The summed E-state index contributed by atoms with van der Waals surface area (Å²) in [5.74, 6) is 0.687. The van der Waals surface area contributed by atoms with E-state index in [0.29, 0.717) is 6.42 Å². The van der Waals surface area contributed by atoms with Crippen molar-refractivity contribution in [3.63, 3.8) is 0 Å². The van der Waals surface area contributed by atoms with Crippen LogP contribution in [0.25, 0.3) is 0 Å². The van der Waals surface area contributed by atoms with E-state index in [1.165, 1.54) is 12.8 Å². The van der Waals surface area contributed by atoms with Crippen LogP contribution in [0.15, 0.2) is 0 Å². The summed E-state index contributed by atoms with van der Waals surface area (Å²) in [6, 6.07) is 0. The molecule has 0 amide bonds. The maximum Gasteiger partial charge on any atom is 0.264 e. The Kier molecular flexibility index (Phi) is 4.34. The van der Waals surface area contributed by atoms with E-state index in [1.807, 2.05) is 0 Å².